The van der Waals surface area contributed by atoms with Gasteiger partial charge in [-0.3, -0.25) is 0 Å². The van der Waals surface area contributed by atoms with Crippen LogP contribution in [-0.2, 0) is 9.53 Å². The lowest BCUT2D eigenvalue weighted by Gasteiger charge is -2.01. The minimum Gasteiger partial charge on any atom is -0.407 e. The van der Waals surface area contributed by atoms with E-state index in [2.05, 4.69) is 17.1 Å². The van der Waals surface area contributed by atoms with E-state index in [1.165, 1.54) is 5.56 Å². The maximum absolute atomic E-state index is 11.5. The summed E-state index contributed by atoms with van der Waals surface area (Å²) >= 11 is 0. The van der Waals surface area contributed by atoms with Crippen LogP contribution in [0.2, 0.25) is 0 Å². The Hall–Kier alpha value is -2.68. The number of carbonyl (C=O) groups excluding carboxylic acids is 1. The van der Waals surface area contributed by atoms with E-state index in [1.807, 2.05) is 42.5 Å². The number of rotatable bonds is 2. The van der Waals surface area contributed by atoms with E-state index in [0.29, 0.717) is 11.6 Å². The zero-order chi connectivity index (χ0) is 13.9. The number of cyclic esters (lactones) is 1. The largest absolute Gasteiger partial charge is 0.407 e. The third-order valence-electron chi connectivity index (χ3n) is 3.05. The van der Waals surface area contributed by atoms with Crippen molar-refractivity contribution in [1.29, 1.82) is 0 Å². The van der Waals surface area contributed by atoms with Gasteiger partial charge in [-0.15, -0.1) is 0 Å². The van der Waals surface area contributed by atoms with Gasteiger partial charge in [0.1, 0.15) is 0 Å². The van der Waals surface area contributed by atoms with Gasteiger partial charge in [-0.25, -0.2) is 9.79 Å². The van der Waals surface area contributed by atoms with E-state index in [9.17, 15) is 4.79 Å². The molecule has 2 aromatic carbocycles. The van der Waals surface area contributed by atoms with Crippen LogP contribution in [-0.4, -0.2) is 11.9 Å². The predicted molar refractivity (Wildman–Crippen MR) is 79.1 cm³/mol. The zero-order valence-corrected chi connectivity index (χ0v) is 11.0. The van der Waals surface area contributed by atoms with Crippen LogP contribution in [0.4, 0.5) is 0 Å². The second-order valence-electron chi connectivity index (χ2n) is 4.54. The Bertz CT molecular complexity index is 698. The number of nitrogens with zero attached hydrogens (tertiary/aromatic N) is 1. The van der Waals surface area contributed by atoms with Gasteiger partial charge in [-0.05, 0) is 22.8 Å². The molecule has 0 unspecified atom stereocenters. The summed E-state index contributed by atoms with van der Waals surface area (Å²) in [6.07, 6.45) is 1.73. The van der Waals surface area contributed by atoms with Crippen LogP contribution in [0.15, 0.2) is 65.3 Å². The van der Waals surface area contributed by atoms with Gasteiger partial charge in [-0.2, -0.15) is 0 Å². The van der Waals surface area contributed by atoms with E-state index < -0.39 is 5.97 Å². The summed E-state index contributed by atoms with van der Waals surface area (Å²) in [5.41, 5.74) is 3.58. The number of aliphatic imine (C=N–C) groups is 1. The van der Waals surface area contributed by atoms with Crippen molar-refractivity contribution in [2.45, 2.75) is 6.92 Å². The molecular formula is C17H13NO2. The van der Waals surface area contributed by atoms with E-state index in [0.717, 1.165) is 11.1 Å². The van der Waals surface area contributed by atoms with Gasteiger partial charge >= 0.3 is 5.97 Å². The summed E-state index contributed by atoms with van der Waals surface area (Å²) in [5.74, 6) is -0.00297. The molecule has 1 aliphatic heterocycles. The fourth-order valence-electron chi connectivity index (χ4n) is 2.08. The summed E-state index contributed by atoms with van der Waals surface area (Å²) < 4.78 is 4.88. The number of ether oxygens (including phenoxy) is 1. The number of hydrogen-bond donors (Lipinski definition) is 0. The molecule has 0 radical (unpaired) electrons. The van der Waals surface area contributed by atoms with E-state index >= 15 is 0 Å². The lowest BCUT2D eigenvalue weighted by atomic mass is 10.0. The topological polar surface area (TPSA) is 38.7 Å². The average Bonchev–Trinajstić information content (AvgIpc) is 2.79. The highest BCUT2D eigenvalue weighted by molar-refractivity contribution is 6.06. The fraction of sp³-hybridized carbons (Fsp3) is 0.0588. The Morgan fingerprint density at radius 1 is 0.950 bits per heavy atom. The van der Waals surface area contributed by atoms with Crippen molar-refractivity contribution < 1.29 is 9.53 Å². The highest BCUT2D eigenvalue weighted by atomic mass is 16.6. The molecule has 0 aromatic heterocycles. The van der Waals surface area contributed by atoms with Crippen molar-refractivity contribution >= 4 is 17.9 Å². The lowest BCUT2D eigenvalue weighted by molar-refractivity contribution is -0.130. The Morgan fingerprint density at radius 3 is 2.20 bits per heavy atom. The summed E-state index contributed by atoms with van der Waals surface area (Å²) in [5, 5.41) is 0. The molecule has 2 aromatic rings. The summed E-state index contributed by atoms with van der Waals surface area (Å²) in [6, 6.07) is 18.1. The minimum atomic E-state index is -0.394. The highest BCUT2D eigenvalue weighted by Gasteiger charge is 2.19. The van der Waals surface area contributed by atoms with Gasteiger partial charge in [0.25, 0.3) is 0 Å². The smallest absolute Gasteiger partial charge is 0.363 e. The standard InChI is InChI=1S/C17H13NO2/c1-12-18-16(17(19)20-12)11-13-7-9-15(10-8-13)14-5-3-2-4-6-14/h2-11H,1H3/b16-11-. The highest BCUT2D eigenvalue weighted by Crippen LogP contribution is 2.21. The number of benzene rings is 2. The molecule has 0 atom stereocenters. The molecule has 0 aliphatic carbocycles. The first-order valence-corrected chi connectivity index (χ1v) is 6.37. The number of esters is 1. The molecular weight excluding hydrogens is 250 g/mol. The first-order chi connectivity index (χ1) is 9.72. The third kappa shape index (κ3) is 2.52. The molecule has 0 saturated carbocycles. The molecule has 1 aliphatic rings. The molecule has 0 saturated heterocycles. The summed E-state index contributed by atoms with van der Waals surface area (Å²) in [7, 11) is 0. The van der Waals surface area contributed by atoms with Gasteiger partial charge in [0.05, 0.1) is 0 Å². The first-order valence-electron chi connectivity index (χ1n) is 6.37. The second-order valence-corrected chi connectivity index (χ2v) is 4.54. The molecule has 0 N–H and O–H groups in total. The van der Waals surface area contributed by atoms with Crippen molar-refractivity contribution in [3.8, 4) is 11.1 Å². The molecule has 98 valence electrons. The fourth-order valence-corrected chi connectivity index (χ4v) is 2.08. The maximum atomic E-state index is 11.5. The Balaban J connectivity index is 1.88. The van der Waals surface area contributed by atoms with Gasteiger partial charge in [0.2, 0.25) is 0 Å². The van der Waals surface area contributed by atoms with Crippen LogP contribution in [0.1, 0.15) is 12.5 Å². The van der Waals surface area contributed by atoms with Gasteiger partial charge in [0, 0.05) is 6.92 Å². The van der Waals surface area contributed by atoms with Gasteiger partial charge in [0.15, 0.2) is 11.6 Å². The summed E-state index contributed by atoms with van der Waals surface area (Å²) in [6.45, 7) is 1.66. The maximum Gasteiger partial charge on any atom is 0.363 e. The Labute approximate surface area is 117 Å². The van der Waals surface area contributed by atoms with E-state index in [4.69, 9.17) is 4.74 Å². The summed E-state index contributed by atoms with van der Waals surface area (Å²) in [4.78, 5) is 15.5. The molecule has 3 heteroatoms. The number of hydrogen-bond acceptors (Lipinski definition) is 3. The predicted octanol–water partition coefficient (Wildman–Crippen LogP) is 3.67. The van der Waals surface area contributed by atoms with E-state index in [-0.39, 0.29) is 0 Å². The van der Waals surface area contributed by atoms with Crippen molar-refractivity contribution in [3.63, 3.8) is 0 Å². The molecule has 0 amide bonds. The van der Waals surface area contributed by atoms with Crippen LogP contribution in [0.3, 0.4) is 0 Å². The van der Waals surface area contributed by atoms with Crippen molar-refractivity contribution in [3.05, 3.63) is 65.9 Å². The zero-order valence-electron chi connectivity index (χ0n) is 11.0. The monoisotopic (exact) mass is 263 g/mol. The van der Waals surface area contributed by atoms with Crippen LogP contribution < -0.4 is 0 Å². The minimum absolute atomic E-state index is 0.343. The molecule has 0 bridgehead atoms. The van der Waals surface area contributed by atoms with Gasteiger partial charge < -0.3 is 4.74 Å². The average molecular weight is 263 g/mol. The van der Waals surface area contributed by atoms with Crippen LogP contribution in [0, 0.1) is 0 Å². The molecule has 3 nitrogen and oxygen atoms in total. The quantitative estimate of drug-likeness (QED) is 0.612. The molecule has 3 rings (SSSR count). The van der Waals surface area contributed by atoms with Crippen LogP contribution >= 0.6 is 0 Å². The van der Waals surface area contributed by atoms with Crippen molar-refractivity contribution in [2.75, 3.05) is 0 Å². The Kier molecular flexibility index (Phi) is 3.17. The molecule has 20 heavy (non-hydrogen) atoms. The third-order valence-corrected chi connectivity index (χ3v) is 3.05. The SMILES string of the molecule is CC1=N/C(=C\c2ccc(-c3ccccc3)cc2)C(=O)O1. The van der Waals surface area contributed by atoms with Crippen LogP contribution in [0.25, 0.3) is 17.2 Å². The lowest BCUT2D eigenvalue weighted by Crippen LogP contribution is -1.99. The second kappa shape index (κ2) is 5.13. The van der Waals surface area contributed by atoms with Crippen LogP contribution in [0.5, 0.6) is 0 Å². The van der Waals surface area contributed by atoms with Crippen molar-refractivity contribution in [2.24, 2.45) is 4.99 Å². The van der Waals surface area contributed by atoms with E-state index in [1.54, 1.807) is 13.0 Å². The normalized spacial score (nSPS) is 16.1. The molecule has 1 heterocycles. The Morgan fingerprint density at radius 2 is 1.60 bits per heavy atom. The van der Waals surface area contributed by atoms with Gasteiger partial charge in [-0.1, -0.05) is 54.6 Å². The molecule has 0 spiro atoms. The van der Waals surface area contributed by atoms with Crippen molar-refractivity contribution in [1.82, 2.24) is 0 Å². The first kappa shape index (κ1) is 12.4. The number of carbonyl (C=O) groups is 1. The molecule has 0 fully saturated rings.